The van der Waals surface area contributed by atoms with E-state index in [4.69, 9.17) is 0 Å². The second kappa shape index (κ2) is 8.14. The number of aromatic nitrogens is 6. The molecule has 0 bridgehead atoms. The Labute approximate surface area is 170 Å². The Hall–Kier alpha value is -4.03. The first-order valence-electron chi connectivity index (χ1n) is 9.05. The minimum Gasteiger partial charge on any atom is -0.321 e. The SMILES string of the molecule is CCn1ncc(NC(=O)Cn2ncc([N+](=O)[O-])c2C)c1C(=O)Nc1cnn(C)c1C. The Kier molecular flexibility index (Phi) is 5.62. The van der Waals surface area contributed by atoms with Crippen molar-refractivity contribution in [2.75, 3.05) is 10.6 Å². The van der Waals surface area contributed by atoms with Crippen molar-refractivity contribution in [3.8, 4) is 0 Å². The van der Waals surface area contributed by atoms with Gasteiger partial charge in [0, 0.05) is 13.6 Å². The molecule has 0 aromatic carbocycles. The Morgan fingerprint density at radius 3 is 2.27 bits per heavy atom. The molecule has 0 fully saturated rings. The molecule has 0 saturated heterocycles. The number of hydrogen-bond donors (Lipinski definition) is 2. The fourth-order valence-corrected chi connectivity index (χ4v) is 2.86. The van der Waals surface area contributed by atoms with Crippen LogP contribution < -0.4 is 10.6 Å². The van der Waals surface area contributed by atoms with Crippen LogP contribution >= 0.6 is 0 Å². The summed E-state index contributed by atoms with van der Waals surface area (Å²) in [5.41, 5.74) is 1.80. The summed E-state index contributed by atoms with van der Waals surface area (Å²) in [6.07, 6.45) is 4.00. The highest BCUT2D eigenvalue weighted by Gasteiger charge is 2.22. The Morgan fingerprint density at radius 1 is 1.03 bits per heavy atom. The third-order valence-corrected chi connectivity index (χ3v) is 4.68. The molecular weight excluding hydrogens is 394 g/mol. The molecule has 3 rings (SSSR count). The first-order valence-corrected chi connectivity index (χ1v) is 9.05. The minimum atomic E-state index is -0.565. The fraction of sp³-hybridized carbons (Fsp3) is 0.353. The quantitative estimate of drug-likeness (QED) is 0.434. The van der Waals surface area contributed by atoms with E-state index < -0.39 is 16.7 Å². The van der Waals surface area contributed by atoms with Gasteiger partial charge in [-0.25, -0.2) is 0 Å². The van der Waals surface area contributed by atoms with E-state index in [1.807, 2.05) is 13.8 Å². The van der Waals surface area contributed by atoms with Gasteiger partial charge in [-0.1, -0.05) is 0 Å². The number of hydrogen-bond acceptors (Lipinski definition) is 7. The van der Waals surface area contributed by atoms with E-state index in [1.165, 1.54) is 28.7 Å². The normalized spacial score (nSPS) is 10.8. The van der Waals surface area contributed by atoms with Gasteiger partial charge in [-0.05, 0) is 20.8 Å². The highest BCUT2D eigenvalue weighted by atomic mass is 16.6. The topological polar surface area (TPSA) is 155 Å². The first kappa shape index (κ1) is 20.7. The van der Waals surface area contributed by atoms with Crippen LogP contribution in [0.1, 0.15) is 28.8 Å². The number of carbonyl (C=O) groups excluding carboxylic acids is 2. The number of aryl methyl sites for hydroxylation is 2. The van der Waals surface area contributed by atoms with E-state index in [0.717, 1.165) is 11.9 Å². The van der Waals surface area contributed by atoms with Gasteiger partial charge in [0.25, 0.3) is 5.91 Å². The summed E-state index contributed by atoms with van der Waals surface area (Å²) >= 11 is 0. The molecule has 0 aliphatic heterocycles. The number of nitrogens with one attached hydrogen (secondary N) is 2. The number of nitro groups is 1. The number of amides is 2. The molecule has 0 radical (unpaired) electrons. The van der Waals surface area contributed by atoms with Gasteiger partial charge in [-0.3, -0.25) is 33.7 Å². The highest BCUT2D eigenvalue weighted by Crippen LogP contribution is 2.20. The lowest BCUT2D eigenvalue weighted by molar-refractivity contribution is -0.385. The van der Waals surface area contributed by atoms with Gasteiger partial charge in [0.15, 0.2) is 0 Å². The molecular formula is C17H21N9O4. The van der Waals surface area contributed by atoms with Gasteiger partial charge in [-0.2, -0.15) is 15.3 Å². The molecule has 158 valence electrons. The fourth-order valence-electron chi connectivity index (χ4n) is 2.86. The molecule has 0 aliphatic rings. The maximum atomic E-state index is 12.9. The van der Waals surface area contributed by atoms with Crippen molar-refractivity contribution in [1.82, 2.24) is 29.3 Å². The molecule has 0 spiro atoms. The molecule has 3 aromatic rings. The highest BCUT2D eigenvalue weighted by molar-refractivity contribution is 6.09. The maximum absolute atomic E-state index is 12.9. The van der Waals surface area contributed by atoms with Crippen molar-refractivity contribution in [3.63, 3.8) is 0 Å². The molecule has 2 amide bonds. The second-order valence-corrected chi connectivity index (χ2v) is 6.52. The zero-order valence-electron chi connectivity index (χ0n) is 16.9. The van der Waals surface area contributed by atoms with Crippen molar-refractivity contribution in [2.24, 2.45) is 7.05 Å². The Balaban J connectivity index is 1.79. The lowest BCUT2D eigenvalue weighted by Gasteiger charge is -2.10. The summed E-state index contributed by atoms with van der Waals surface area (Å²) in [7, 11) is 1.76. The molecule has 0 saturated carbocycles. The standard InChI is InChI=1S/C17H21N9O4/c1-5-24-16(17(28)22-12-6-18-23(4)10(12)2)13(7-19-24)21-15(27)9-25-11(3)14(8-20-25)26(29)30/h6-8H,5,9H2,1-4H3,(H,21,27)(H,22,28). The van der Waals surface area contributed by atoms with Gasteiger partial charge >= 0.3 is 5.69 Å². The van der Waals surface area contributed by atoms with Gasteiger partial charge in [0.2, 0.25) is 5.91 Å². The molecule has 13 nitrogen and oxygen atoms in total. The van der Waals surface area contributed by atoms with Crippen LogP contribution in [0.15, 0.2) is 18.6 Å². The Morgan fingerprint density at radius 2 is 1.70 bits per heavy atom. The van der Waals surface area contributed by atoms with Crippen LogP contribution in [0.25, 0.3) is 0 Å². The molecule has 0 unspecified atom stereocenters. The Bertz CT molecular complexity index is 1120. The number of anilines is 2. The van der Waals surface area contributed by atoms with E-state index in [-0.39, 0.29) is 29.3 Å². The third kappa shape index (κ3) is 3.90. The lowest BCUT2D eigenvalue weighted by Crippen LogP contribution is -2.24. The minimum absolute atomic E-state index is 0.173. The summed E-state index contributed by atoms with van der Waals surface area (Å²) in [6.45, 7) is 5.29. The molecule has 2 N–H and O–H groups in total. The largest absolute Gasteiger partial charge is 0.321 e. The predicted molar refractivity (Wildman–Crippen MR) is 106 cm³/mol. The van der Waals surface area contributed by atoms with Crippen LogP contribution in [0.3, 0.4) is 0 Å². The lowest BCUT2D eigenvalue weighted by atomic mass is 10.3. The molecule has 3 heterocycles. The van der Waals surface area contributed by atoms with Gasteiger partial charge in [0.05, 0.1) is 34.4 Å². The van der Waals surface area contributed by atoms with Crippen molar-refractivity contribution >= 4 is 28.9 Å². The zero-order chi connectivity index (χ0) is 22.0. The maximum Gasteiger partial charge on any atom is 0.309 e. The number of carbonyl (C=O) groups is 2. The predicted octanol–water partition coefficient (Wildman–Crippen LogP) is 1.25. The van der Waals surface area contributed by atoms with Gasteiger partial charge in [0.1, 0.15) is 24.1 Å². The van der Waals surface area contributed by atoms with E-state index in [0.29, 0.717) is 12.2 Å². The summed E-state index contributed by atoms with van der Waals surface area (Å²) in [6, 6.07) is 0. The zero-order valence-corrected chi connectivity index (χ0v) is 16.9. The average molecular weight is 415 g/mol. The summed E-state index contributed by atoms with van der Waals surface area (Å²) in [4.78, 5) is 35.7. The van der Waals surface area contributed by atoms with E-state index in [9.17, 15) is 19.7 Å². The smallest absolute Gasteiger partial charge is 0.309 e. The number of rotatable bonds is 7. The summed E-state index contributed by atoms with van der Waals surface area (Å²) < 4.78 is 4.30. The van der Waals surface area contributed by atoms with E-state index in [2.05, 4.69) is 25.9 Å². The third-order valence-electron chi connectivity index (χ3n) is 4.68. The van der Waals surface area contributed by atoms with Crippen LogP contribution in [-0.4, -0.2) is 46.1 Å². The van der Waals surface area contributed by atoms with E-state index >= 15 is 0 Å². The second-order valence-electron chi connectivity index (χ2n) is 6.52. The van der Waals surface area contributed by atoms with Crippen LogP contribution in [0.4, 0.5) is 17.1 Å². The van der Waals surface area contributed by atoms with Crippen molar-refractivity contribution < 1.29 is 14.5 Å². The first-order chi connectivity index (χ1) is 14.2. The van der Waals surface area contributed by atoms with Crippen molar-refractivity contribution in [2.45, 2.75) is 33.9 Å². The molecule has 0 atom stereocenters. The van der Waals surface area contributed by atoms with Crippen LogP contribution in [-0.2, 0) is 24.9 Å². The summed E-state index contributed by atoms with van der Waals surface area (Å²) in [5.74, 6) is -0.954. The summed E-state index contributed by atoms with van der Waals surface area (Å²) in [5, 5.41) is 28.4. The number of nitrogens with zero attached hydrogens (tertiary/aromatic N) is 7. The van der Waals surface area contributed by atoms with Crippen LogP contribution in [0.2, 0.25) is 0 Å². The molecule has 30 heavy (non-hydrogen) atoms. The van der Waals surface area contributed by atoms with E-state index in [1.54, 1.807) is 11.7 Å². The van der Waals surface area contributed by atoms with Crippen LogP contribution in [0.5, 0.6) is 0 Å². The molecule has 13 heteroatoms. The van der Waals surface area contributed by atoms with Gasteiger partial charge < -0.3 is 10.6 Å². The van der Waals surface area contributed by atoms with Crippen molar-refractivity contribution in [3.05, 3.63) is 45.8 Å². The monoisotopic (exact) mass is 415 g/mol. The molecule has 0 aliphatic carbocycles. The molecule has 3 aromatic heterocycles. The average Bonchev–Trinajstić information content (AvgIpc) is 3.35. The van der Waals surface area contributed by atoms with Crippen LogP contribution in [0, 0.1) is 24.0 Å². The van der Waals surface area contributed by atoms with Gasteiger partial charge in [-0.15, -0.1) is 0 Å². The van der Waals surface area contributed by atoms with Crippen molar-refractivity contribution in [1.29, 1.82) is 0 Å².